The van der Waals surface area contributed by atoms with Gasteiger partial charge in [0, 0.05) is 38.8 Å². The van der Waals surface area contributed by atoms with Crippen molar-refractivity contribution in [3.8, 4) is 0 Å². The van der Waals surface area contributed by atoms with Crippen molar-refractivity contribution in [1.82, 2.24) is 10.2 Å². The van der Waals surface area contributed by atoms with Crippen molar-refractivity contribution in [1.29, 1.82) is 0 Å². The topological polar surface area (TPSA) is 44.7 Å². The van der Waals surface area contributed by atoms with Gasteiger partial charge in [0.25, 0.3) is 0 Å². The Morgan fingerprint density at radius 3 is 2.88 bits per heavy atom. The monoisotopic (exact) mass is 228 g/mol. The molecule has 4 nitrogen and oxygen atoms in total. The molecular formula is C12H24N2O2. The van der Waals surface area contributed by atoms with E-state index in [-0.39, 0.29) is 6.61 Å². The van der Waals surface area contributed by atoms with Gasteiger partial charge >= 0.3 is 0 Å². The molecule has 1 aliphatic rings. The zero-order valence-corrected chi connectivity index (χ0v) is 10.2. The molecule has 1 aliphatic carbocycles. The smallest absolute Gasteiger partial charge is 0.0630 e. The first-order valence-electron chi connectivity index (χ1n) is 6.00. The molecule has 16 heavy (non-hydrogen) atoms. The lowest BCUT2D eigenvalue weighted by molar-refractivity contribution is 0.0835. The predicted octanol–water partition coefficient (Wildman–Crippen LogP) is 0.234. The van der Waals surface area contributed by atoms with E-state index in [1.807, 2.05) is 6.08 Å². The fraction of sp³-hybridized carbons (Fsp3) is 0.833. The van der Waals surface area contributed by atoms with Crippen LogP contribution in [0.5, 0.6) is 0 Å². The highest BCUT2D eigenvalue weighted by Gasteiger charge is 2.24. The second kappa shape index (κ2) is 7.79. The summed E-state index contributed by atoms with van der Waals surface area (Å²) in [7, 11) is 1.72. The second-order valence-corrected chi connectivity index (χ2v) is 4.30. The maximum atomic E-state index is 9.03. The Balaban J connectivity index is 2.37. The van der Waals surface area contributed by atoms with Crippen LogP contribution in [-0.2, 0) is 4.74 Å². The number of hydrogen-bond acceptors (Lipinski definition) is 4. The number of hydrogen-bond donors (Lipinski definition) is 2. The lowest BCUT2D eigenvalue weighted by Gasteiger charge is -2.30. The molecular weight excluding hydrogens is 204 g/mol. The minimum atomic E-state index is 0.178. The third-order valence-corrected chi connectivity index (χ3v) is 2.85. The molecule has 0 radical (unpaired) electrons. The molecule has 0 aromatic carbocycles. The molecule has 1 unspecified atom stereocenters. The Labute approximate surface area is 98.3 Å². The van der Waals surface area contributed by atoms with E-state index < -0.39 is 0 Å². The molecule has 1 saturated carbocycles. The molecule has 0 bridgehead atoms. The van der Waals surface area contributed by atoms with Gasteiger partial charge in [0.05, 0.1) is 13.2 Å². The van der Waals surface area contributed by atoms with Crippen LogP contribution in [0.4, 0.5) is 0 Å². The van der Waals surface area contributed by atoms with Crippen LogP contribution in [0.25, 0.3) is 0 Å². The predicted molar refractivity (Wildman–Crippen MR) is 65.5 cm³/mol. The summed E-state index contributed by atoms with van der Waals surface area (Å²) in [5.74, 6) is 0. The van der Waals surface area contributed by atoms with Gasteiger partial charge in [-0.05, 0) is 12.8 Å². The van der Waals surface area contributed by atoms with Gasteiger partial charge in [-0.3, -0.25) is 4.90 Å². The minimum absolute atomic E-state index is 0.178. The summed E-state index contributed by atoms with van der Waals surface area (Å²) in [5, 5.41) is 12.5. The standard InChI is InChI=1S/C12H24N2O2/c1-3-6-14(7-8-15)12(10-16-2)9-13-11-4-5-11/h3,11-13,15H,1,4-10H2,2H3. The molecule has 4 heteroatoms. The lowest BCUT2D eigenvalue weighted by atomic mass is 10.2. The molecule has 1 fully saturated rings. The van der Waals surface area contributed by atoms with Crippen LogP contribution in [0.3, 0.4) is 0 Å². The van der Waals surface area contributed by atoms with E-state index in [1.165, 1.54) is 12.8 Å². The largest absolute Gasteiger partial charge is 0.395 e. The molecule has 94 valence electrons. The Morgan fingerprint density at radius 1 is 1.62 bits per heavy atom. The first kappa shape index (κ1) is 13.6. The van der Waals surface area contributed by atoms with Crippen molar-refractivity contribution >= 4 is 0 Å². The van der Waals surface area contributed by atoms with Crippen molar-refractivity contribution in [3.63, 3.8) is 0 Å². The Morgan fingerprint density at radius 2 is 2.38 bits per heavy atom. The molecule has 0 amide bonds. The van der Waals surface area contributed by atoms with Crippen LogP contribution >= 0.6 is 0 Å². The maximum Gasteiger partial charge on any atom is 0.0630 e. The van der Waals surface area contributed by atoms with E-state index in [0.717, 1.165) is 13.1 Å². The molecule has 1 rings (SSSR count). The summed E-state index contributed by atoms with van der Waals surface area (Å²) >= 11 is 0. The fourth-order valence-corrected chi connectivity index (χ4v) is 1.79. The minimum Gasteiger partial charge on any atom is -0.395 e. The van der Waals surface area contributed by atoms with Crippen LogP contribution in [-0.4, -0.2) is 62.0 Å². The summed E-state index contributed by atoms with van der Waals surface area (Å²) < 4.78 is 5.23. The van der Waals surface area contributed by atoms with Crippen LogP contribution in [0, 0.1) is 0 Å². The molecule has 1 atom stereocenters. The van der Waals surface area contributed by atoms with Gasteiger partial charge < -0.3 is 15.2 Å². The summed E-state index contributed by atoms with van der Waals surface area (Å²) in [6, 6.07) is 1.02. The highest BCUT2D eigenvalue weighted by Crippen LogP contribution is 2.18. The number of rotatable bonds is 10. The van der Waals surface area contributed by atoms with Crippen molar-refractivity contribution in [2.45, 2.75) is 24.9 Å². The van der Waals surface area contributed by atoms with Gasteiger partial charge in [0.2, 0.25) is 0 Å². The highest BCUT2D eigenvalue weighted by atomic mass is 16.5. The molecule has 0 saturated heterocycles. The van der Waals surface area contributed by atoms with E-state index in [1.54, 1.807) is 7.11 Å². The van der Waals surface area contributed by atoms with E-state index in [2.05, 4.69) is 16.8 Å². The zero-order chi connectivity index (χ0) is 11.8. The lowest BCUT2D eigenvalue weighted by Crippen LogP contribution is -2.46. The molecule has 2 N–H and O–H groups in total. The zero-order valence-electron chi connectivity index (χ0n) is 10.2. The van der Waals surface area contributed by atoms with Gasteiger partial charge in [-0.2, -0.15) is 0 Å². The highest BCUT2D eigenvalue weighted by molar-refractivity contribution is 4.86. The number of nitrogens with one attached hydrogen (secondary N) is 1. The van der Waals surface area contributed by atoms with Crippen molar-refractivity contribution < 1.29 is 9.84 Å². The molecule has 0 heterocycles. The second-order valence-electron chi connectivity index (χ2n) is 4.30. The SMILES string of the molecule is C=CCN(CCO)C(CNC1CC1)COC. The quantitative estimate of drug-likeness (QED) is 0.526. The Hall–Kier alpha value is -0.420. The number of aliphatic hydroxyl groups excluding tert-OH is 1. The van der Waals surface area contributed by atoms with Gasteiger partial charge in [-0.25, -0.2) is 0 Å². The van der Waals surface area contributed by atoms with Gasteiger partial charge in [0.15, 0.2) is 0 Å². The van der Waals surface area contributed by atoms with Crippen LogP contribution in [0.15, 0.2) is 12.7 Å². The average molecular weight is 228 g/mol. The van der Waals surface area contributed by atoms with Crippen LogP contribution < -0.4 is 5.32 Å². The molecule has 0 spiro atoms. The average Bonchev–Trinajstić information content (AvgIpc) is 3.08. The van der Waals surface area contributed by atoms with Gasteiger partial charge in [-0.15, -0.1) is 6.58 Å². The van der Waals surface area contributed by atoms with E-state index in [0.29, 0.717) is 25.2 Å². The normalized spacial score (nSPS) is 17.7. The summed E-state index contributed by atoms with van der Waals surface area (Å²) in [6.07, 6.45) is 4.46. The number of ether oxygens (including phenoxy) is 1. The Kier molecular flexibility index (Phi) is 6.64. The van der Waals surface area contributed by atoms with Crippen molar-refractivity contribution in [3.05, 3.63) is 12.7 Å². The first-order valence-corrected chi connectivity index (χ1v) is 6.00. The summed E-state index contributed by atoms with van der Waals surface area (Å²) in [6.45, 7) is 7.00. The number of nitrogens with zero attached hydrogens (tertiary/aromatic N) is 1. The number of aliphatic hydroxyl groups is 1. The van der Waals surface area contributed by atoms with Gasteiger partial charge in [-0.1, -0.05) is 6.08 Å². The van der Waals surface area contributed by atoms with Crippen LogP contribution in [0.2, 0.25) is 0 Å². The van der Waals surface area contributed by atoms with E-state index in [9.17, 15) is 0 Å². The first-order chi connectivity index (χ1) is 7.81. The third kappa shape index (κ3) is 5.07. The summed E-state index contributed by atoms with van der Waals surface area (Å²) in [5.41, 5.74) is 0. The summed E-state index contributed by atoms with van der Waals surface area (Å²) in [4.78, 5) is 2.20. The van der Waals surface area contributed by atoms with E-state index in [4.69, 9.17) is 9.84 Å². The molecule has 0 aliphatic heterocycles. The van der Waals surface area contributed by atoms with Crippen molar-refractivity contribution in [2.24, 2.45) is 0 Å². The van der Waals surface area contributed by atoms with Gasteiger partial charge in [0.1, 0.15) is 0 Å². The molecule has 0 aromatic rings. The van der Waals surface area contributed by atoms with Crippen LogP contribution in [0.1, 0.15) is 12.8 Å². The third-order valence-electron chi connectivity index (χ3n) is 2.85. The van der Waals surface area contributed by atoms with Crippen molar-refractivity contribution in [2.75, 3.05) is 40.0 Å². The van der Waals surface area contributed by atoms with E-state index >= 15 is 0 Å². The molecule has 0 aromatic heterocycles. The number of methoxy groups -OCH3 is 1. The Bertz CT molecular complexity index is 195. The fourth-order valence-electron chi connectivity index (χ4n) is 1.79. The maximum absolute atomic E-state index is 9.03.